The summed E-state index contributed by atoms with van der Waals surface area (Å²) in [5.74, 6) is 0. The van der Waals surface area contributed by atoms with Crippen molar-refractivity contribution in [2.75, 3.05) is 0 Å². The first-order valence-electron chi connectivity index (χ1n) is 3.15. The van der Waals surface area contributed by atoms with Gasteiger partial charge in [0.15, 0.2) is 0 Å². The van der Waals surface area contributed by atoms with Gasteiger partial charge in [0.05, 0.1) is 6.10 Å². The van der Waals surface area contributed by atoms with E-state index in [1.54, 1.807) is 11.8 Å². The van der Waals surface area contributed by atoms with Gasteiger partial charge in [-0.05, 0) is 12.5 Å². The Balaban J connectivity index is 2.65. The third-order valence-corrected chi connectivity index (χ3v) is 3.16. The van der Waals surface area contributed by atoms with E-state index >= 15 is 0 Å². The summed E-state index contributed by atoms with van der Waals surface area (Å²) < 4.78 is 0. The summed E-state index contributed by atoms with van der Waals surface area (Å²) in [5, 5.41) is 10.1. The maximum absolute atomic E-state index is 9.32. The highest BCUT2D eigenvalue weighted by atomic mass is 32.2. The second-order valence-corrected chi connectivity index (χ2v) is 4.23. The van der Waals surface area contributed by atoms with Gasteiger partial charge in [-0.2, -0.15) is 0 Å². The number of aliphatic hydroxyl groups excluding tert-OH is 1. The molecule has 52 valence electrons. The molecule has 1 fully saturated rings. The second kappa shape index (κ2) is 2.35. The summed E-state index contributed by atoms with van der Waals surface area (Å²) in [6.45, 7) is 7.91. The molecule has 1 nitrogen and oxygen atoms in total. The van der Waals surface area contributed by atoms with Crippen molar-refractivity contribution in [3.63, 3.8) is 0 Å². The fraction of sp³-hybridized carbons (Fsp3) is 0.714. The highest BCUT2D eigenvalue weighted by Crippen LogP contribution is 2.36. The Morgan fingerprint density at radius 3 is 2.22 bits per heavy atom. The van der Waals surface area contributed by atoms with E-state index in [1.165, 1.54) is 0 Å². The van der Waals surface area contributed by atoms with Gasteiger partial charge in [0, 0.05) is 10.5 Å². The zero-order valence-electron chi connectivity index (χ0n) is 5.79. The van der Waals surface area contributed by atoms with Crippen LogP contribution in [0.1, 0.15) is 13.8 Å². The molecule has 1 aliphatic heterocycles. The van der Waals surface area contributed by atoms with Crippen molar-refractivity contribution in [3.8, 4) is 0 Å². The topological polar surface area (TPSA) is 20.2 Å². The minimum atomic E-state index is -0.273. The Morgan fingerprint density at radius 2 is 2.11 bits per heavy atom. The lowest BCUT2D eigenvalue weighted by atomic mass is 10.1. The molecule has 0 aromatic carbocycles. The van der Waals surface area contributed by atoms with Gasteiger partial charge in [0.25, 0.3) is 0 Å². The van der Waals surface area contributed by atoms with Crippen LogP contribution in [0.3, 0.4) is 0 Å². The molecule has 0 unspecified atom stereocenters. The van der Waals surface area contributed by atoms with Crippen LogP contribution in [0.25, 0.3) is 0 Å². The molecule has 0 amide bonds. The summed E-state index contributed by atoms with van der Waals surface area (Å²) in [7, 11) is 0. The van der Waals surface area contributed by atoms with Crippen LogP contribution >= 0.6 is 11.8 Å². The first-order valence-corrected chi connectivity index (χ1v) is 4.09. The highest BCUT2D eigenvalue weighted by molar-refractivity contribution is 8.01. The lowest BCUT2D eigenvalue weighted by Crippen LogP contribution is -2.15. The Labute approximate surface area is 60.2 Å². The van der Waals surface area contributed by atoms with Gasteiger partial charge in [-0.1, -0.05) is 13.5 Å². The van der Waals surface area contributed by atoms with E-state index in [0.29, 0.717) is 10.5 Å². The SMILES string of the molecule is C=C1[C@H](C)S[C@H](C)[C@H]1O. The molecule has 0 spiro atoms. The zero-order chi connectivity index (χ0) is 7.02. The van der Waals surface area contributed by atoms with Crippen LogP contribution in [0.5, 0.6) is 0 Å². The summed E-state index contributed by atoms with van der Waals surface area (Å²) in [4.78, 5) is 0. The molecule has 0 aromatic rings. The van der Waals surface area contributed by atoms with Crippen LogP contribution in [0.2, 0.25) is 0 Å². The van der Waals surface area contributed by atoms with Crippen molar-refractivity contribution in [1.29, 1.82) is 0 Å². The lowest BCUT2D eigenvalue weighted by molar-refractivity contribution is 0.216. The molecule has 0 aromatic heterocycles. The molecule has 1 heterocycles. The van der Waals surface area contributed by atoms with Gasteiger partial charge in [0.2, 0.25) is 0 Å². The van der Waals surface area contributed by atoms with Crippen LogP contribution in [-0.4, -0.2) is 21.7 Å². The Hall–Kier alpha value is 0.0500. The van der Waals surface area contributed by atoms with E-state index in [1.807, 2.05) is 6.92 Å². The lowest BCUT2D eigenvalue weighted by Gasteiger charge is -2.05. The van der Waals surface area contributed by atoms with Crippen molar-refractivity contribution in [2.24, 2.45) is 0 Å². The van der Waals surface area contributed by atoms with E-state index in [9.17, 15) is 5.11 Å². The Bertz CT molecular complexity index is 133. The van der Waals surface area contributed by atoms with Crippen LogP contribution < -0.4 is 0 Å². The van der Waals surface area contributed by atoms with Gasteiger partial charge in [-0.3, -0.25) is 0 Å². The predicted octanol–water partition coefficient (Wildman–Crippen LogP) is 1.43. The molecule has 1 rings (SSSR count). The fourth-order valence-electron chi connectivity index (χ4n) is 1.03. The summed E-state index contributed by atoms with van der Waals surface area (Å²) in [6, 6.07) is 0. The molecule has 1 N–H and O–H groups in total. The van der Waals surface area contributed by atoms with Crippen LogP contribution in [-0.2, 0) is 0 Å². The van der Waals surface area contributed by atoms with E-state index in [0.717, 1.165) is 5.57 Å². The molecule has 1 saturated heterocycles. The number of aliphatic hydroxyl groups is 1. The first kappa shape index (κ1) is 7.16. The van der Waals surface area contributed by atoms with Gasteiger partial charge in [-0.15, -0.1) is 11.8 Å². The molecule has 0 saturated carbocycles. The fourth-order valence-corrected chi connectivity index (χ4v) is 2.31. The van der Waals surface area contributed by atoms with Crippen LogP contribution in [0.4, 0.5) is 0 Å². The van der Waals surface area contributed by atoms with E-state index in [-0.39, 0.29) is 6.10 Å². The molecule has 1 aliphatic rings. The summed E-state index contributed by atoms with van der Waals surface area (Å²) >= 11 is 1.79. The van der Waals surface area contributed by atoms with E-state index < -0.39 is 0 Å². The standard InChI is InChI=1S/C7H12OS/c1-4-5(2)9-6(3)7(4)8/h5-8H,1H2,2-3H3/t5-,6+,7-/m0/s1. The number of thioether (sulfide) groups is 1. The van der Waals surface area contributed by atoms with E-state index in [4.69, 9.17) is 0 Å². The van der Waals surface area contributed by atoms with Crippen molar-refractivity contribution in [1.82, 2.24) is 0 Å². The third kappa shape index (κ3) is 1.14. The van der Waals surface area contributed by atoms with Crippen molar-refractivity contribution >= 4 is 11.8 Å². The third-order valence-electron chi connectivity index (χ3n) is 1.77. The zero-order valence-corrected chi connectivity index (χ0v) is 6.61. The van der Waals surface area contributed by atoms with Crippen LogP contribution in [0, 0.1) is 0 Å². The average molecular weight is 144 g/mol. The summed E-state index contributed by atoms with van der Waals surface area (Å²) in [5.41, 5.74) is 0.979. The average Bonchev–Trinajstić information content (AvgIpc) is 1.98. The molecule has 9 heavy (non-hydrogen) atoms. The maximum atomic E-state index is 9.32. The van der Waals surface area contributed by atoms with E-state index in [2.05, 4.69) is 13.5 Å². The molecule has 0 bridgehead atoms. The van der Waals surface area contributed by atoms with Gasteiger partial charge in [-0.25, -0.2) is 0 Å². The van der Waals surface area contributed by atoms with Gasteiger partial charge >= 0.3 is 0 Å². The molecular weight excluding hydrogens is 132 g/mol. The molecular formula is C7H12OS. The second-order valence-electron chi connectivity index (χ2n) is 2.50. The smallest absolute Gasteiger partial charge is 0.0874 e. The predicted molar refractivity (Wildman–Crippen MR) is 41.7 cm³/mol. The molecule has 0 aliphatic carbocycles. The Kier molecular flexibility index (Phi) is 1.87. The van der Waals surface area contributed by atoms with Crippen molar-refractivity contribution in [2.45, 2.75) is 30.5 Å². The normalized spacial score (nSPS) is 43.9. The number of hydrogen-bond acceptors (Lipinski definition) is 2. The maximum Gasteiger partial charge on any atom is 0.0874 e. The highest BCUT2D eigenvalue weighted by Gasteiger charge is 2.30. The quantitative estimate of drug-likeness (QED) is 0.519. The van der Waals surface area contributed by atoms with Crippen LogP contribution in [0.15, 0.2) is 12.2 Å². The minimum Gasteiger partial charge on any atom is -0.388 e. The van der Waals surface area contributed by atoms with Crippen molar-refractivity contribution < 1.29 is 5.11 Å². The Morgan fingerprint density at radius 1 is 1.56 bits per heavy atom. The number of rotatable bonds is 0. The summed E-state index contributed by atoms with van der Waals surface area (Å²) in [6.07, 6.45) is -0.273. The van der Waals surface area contributed by atoms with Gasteiger partial charge < -0.3 is 5.11 Å². The number of hydrogen-bond donors (Lipinski definition) is 1. The van der Waals surface area contributed by atoms with Crippen molar-refractivity contribution in [3.05, 3.63) is 12.2 Å². The molecule has 2 heteroatoms. The monoisotopic (exact) mass is 144 g/mol. The van der Waals surface area contributed by atoms with Gasteiger partial charge in [0.1, 0.15) is 0 Å². The molecule has 0 radical (unpaired) electrons. The minimum absolute atomic E-state index is 0.273. The largest absolute Gasteiger partial charge is 0.388 e. The first-order chi connectivity index (χ1) is 4.13. The molecule has 3 atom stereocenters.